The Kier molecular flexibility index (Phi) is 29.5. The summed E-state index contributed by atoms with van der Waals surface area (Å²) in [4.78, 5) is 75.1. The zero-order valence-corrected chi connectivity index (χ0v) is 57.0. The fourth-order valence-corrected chi connectivity index (χ4v) is 14.5. The Morgan fingerprint density at radius 2 is 1.10 bits per heavy atom. The van der Waals surface area contributed by atoms with Gasteiger partial charge in [0.2, 0.25) is 11.8 Å². The monoisotopic (exact) mass is 1280 g/mol. The molecule has 3 aromatic rings. The van der Waals surface area contributed by atoms with Crippen LogP contribution >= 0.6 is 39.0 Å². The van der Waals surface area contributed by atoms with Crippen molar-refractivity contribution in [2.45, 2.75) is 242 Å². The number of anilines is 2. The lowest BCUT2D eigenvalue weighted by atomic mass is 9.81. The molecule has 4 fully saturated rings. The second kappa shape index (κ2) is 34.2. The van der Waals surface area contributed by atoms with Crippen LogP contribution in [0.3, 0.4) is 0 Å². The number of rotatable bonds is 15. The summed E-state index contributed by atoms with van der Waals surface area (Å²) in [7, 11) is -5.56. The van der Waals surface area contributed by atoms with Gasteiger partial charge >= 0.3 is 19.8 Å². The molecule has 0 aliphatic heterocycles. The number of aromatic amines is 1. The van der Waals surface area contributed by atoms with Gasteiger partial charge in [-0.2, -0.15) is 5.21 Å². The summed E-state index contributed by atoms with van der Waals surface area (Å²) in [5, 5.41) is 41.9. The van der Waals surface area contributed by atoms with Crippen LogP contribution in [-0.2, 0) is 27.7 Å². The van der Waals surface area contributed by atoms with Crippen LogP contribution in [0.2, 0.25) is 0 Å². The Morgan fingerprint density at radius 3 is 1.43 bits per heavy atom. The van der Waals surface area contributed by atoms with Crippen molar-refractivity contribution in [2.24, 2.45) is 35.0 Å². The molecule has 2 amide bonds. The maximum Gasteiger partial charge on any atom is 0.469 e. The molecule has 0 unspecified atom stereocenters. The normalized spacial score (nSPS) is 22.7. The fraction of sp³-hybridized carbons (Fsp3) is 0.726. The van der Waals surface area contributed by atoms with Gasteiger partial charge in [0.1, 0.15) is 9.75 Å². The average Bonchev–Trinajstić information content (AvgIpc) is 2.12. The zero-order valence-electron chi connectivity index (χ0n) is 53.6. The molecule has 24 heteroatoms. The molecule has 0 spiro atoms. The summed E-state index contributed by atoms with van der Waals surface area (Å²) >= 11 is 2.23. The zero-order chi connectivity index (χ0) is 64.3. The van der Waals surface area contributed by atoms with E-state index in [1.54, 1.807) is 21.9 Å². The molecule has 3 heterocycles. The molecule has 0 radical (unpaired) electrons. The van der Waals surface area contributed by atoms with Gasteiger partial charge in [0.15, 0.2) is 6.33 Å². The Morgan fingerprint density at radius 1 is 0.686 bits per heavy atom. The topological polar surface area (TPSA) is 278 Å². The molecular formula is C62H99N7O13P2S2. The number of nitrogens with zero attached hydrogens (tertiary/aromatic N) is 6. The van der Waals surface area contributed by atoms with Crippen LogP contribution in [0.15, 0.2) is 18.5 Å². The first-order chi connectivity index (χ1) is 40.1. The first kappa shape index (κ1) is 74.3. The molecule has 0 saturated heterocycles. The van der Waals surface area contributed by atoms with Crippen molar-refractivity contribution in [1.29, 1.82) is 0 Å². The van der Waals surface area contributed by atoms with Crippen LogP contribution in [-0.4, -0.2) is 123 Å². The third-order valence-corrected chi connectivity index (χ3v) is 19.9. The summed E-state index contributed by atoms with van der Waals surface area (Å²) in [5.41, 5.74) is 0.285. The lowest BCUT2D eigenvalue weighted by Gasteiger charge is -2.39. The predicted octanol–water partition coefficient (Wildman–Crippen LogP) is 13.7. The third-order valence-electron chi connectivity index (χ3n) is 14.8. The second-order valence-electron chi connectivity index (χ2n) is 26.3. The lowest BCUT2D eigenvalue weighted by molar-refractivity contribution is -0.125. The number of hydrogen-bond donors (Lipinski definition) is 6. The van der Waals surface area contributed by atoms with Crippen LogP contribution < -0.4 is 9.80 Å². The number of thiophene rings is 2. The van der Waals surface area contributed by atoms with Gasteiger partial charge in [-0.25, -0.2) is 18.8 Å². The van der Waals surface area contributed by atoms with Gasteiger partial charge in [0, 0.05) is 48.3 Å². The molecule has 482 valence electrons. The number of amides is 2. The summed E-state index contributed by atoms with van der Waals surface area (Å²) in [5.74, 6) is 11.4. The van der Waals surface area contributed by atoms with Crippen molar-refractivity contribution in [3.8, 4) is 23.7 Å². The molecule has 6 N–H and O–H groups in total. The molecule has 4 aliphatic rings. The van der Waals surface area contributed by atoms with E-state index in [0.29, 0.717) is 84.3 Å². The number of carbonyl (C=O) groups excluding carboxylic acids is 2. The molecule has 0 atom stereocenters. The van der Waals surface area contributed by atoms with E-state index in [1.807, 2.05) is 34.6 Å². The molecule has 86 heavy (non-hydrogen) atoms. The maximum absolute atomic E-state index is 13.9. The molecule has 4 aliphatic carbocycles. The number of hydrogen-bond acceptors (Lipinski definition) is 15. The highest BCUT2D eigenvalue weighted by atomic mass is 32.1. The van der Waals surface area contributed by atoms with Crippen molar-refractivity contribution < 1.29 is 62.4 Å². The van der Waals surface area contributed by atoms with Crippen LogP contribution in [0.1, 0.15) is 236 Å². The van der Waals surface area contributed by atoms with Gasteiger partial charge in [-0.1, -0.05) is 70.4 Å². The van der Waals surface area contributed by atoms with Crippen molar-refractivity contribution in [1.82, 2.24) is 25.3 Å². The number of aromatic nitrogens is 4. The van der Waals surface area contributed by atoms with E-state index < -0.39 is 34.4 Å². The van der Waals surface area contributed by atoms with Gasteiger partial charge in [0.05, 0.1) is 44.5 Å². The van der Waals surface area contributed by atoms with Crippen LogP contribution in [0.5, 0.6) is 0 Å². The Hall–Kier alpha value is -4.15. The van der Waals surface area contributed by atoms with E-state index in [4.69, 9.17) is 23.4 Å². The highest BCUT2D eigenvalue weighted by molar-refractivity contribution is 7.46. The smallest absolute Gasteiger partial charge is 0.469 e. The lowest BCUT2D eigenvalue weighted by Crippen LogP contribution is -2.47. The minimum Gasteiger partial charge on any atom is -0.477 e. The molecular weight excluding hydrogens is 1180 g/mol. The minimum atomic E-state index is -4.59. The minimum absolute atomic E-state index is 0.0481. The molecule has 7 rings (SSSR count). The van der Waals surface area contributed by atoms with E-state index in [9.17, 15) is 39.1 Å². The summed E-state index contributed by atoms with van der Waals surface area (Å²) in [6, 6.07) is 3.17. The van der Waals surface area contributed by atoms with Gasteiger partial charge in [-0.3, -0.25) is 14.1 Å². The van der Waals surface area contributed by atoms with Gasteiger partial charge in [0.25, 0.3) is 8.53 Å². The van der Waals surface area contributed by atoms with Crippen LogP contribution in [0, 0.1) is 58.7 Å². The quantitative estimate of drug-likeness (QED) is 0.0609. The number of aromatic carboxylic acids is 2. The van der Waals surface area contributed by atoms with Gasteiger partial charge in [-0.05, 0) is 189 Å². The SMILES string of the molecule is CC(C)C#Cc1cc(N(C(=O)C2CCC(C)CC2)C2CCC(O)CC2)c(C(=O)O)s1.CC1CCC(C(=O)N(c2cc(C#CC(C)(C)C)sc2C(=O)O)C2CCC(OP(=O)(O)O)CC2)CC1.CCN(CC)P(OC(C)(C)C)OC(C)(C)C.c1nn[nH]n1. The fourth-order valence-electron chi connectivity index (χ4n) is 10.5. The largest absolute Gasteiger partial charge is 0.477 e. The second-order valence-corrected chi connectivity index (χ2v) is 31.1. The molecule has 20 nitrogen and oxygen atoms in total. The van der Waals surface area contributed by atoms with Gasteiger partial charge < -0.3 is 44.0 Å². The van der Waals surface area contributed by atoms with Crippen molar-refractivity contribution in [3.05, 3.63) is 38.0 Å². The van der Waals surface area contributed by atoms with Gasteiger partial charge in [-0.15, -0.1) is 32.9 Å². The Balaban J connectivity index is 0.000000280. The van der Waals surface area contributed by atoms with Crippen LogP contribution in [0.4, 0.5) is 11.4 Å². The first-order valence-corrected chi connectivity index (χ1v) is 34.8. The molecule has 3 aromatic heterocycles. The first-order valence-electron chi connectivity index (χ1n) is 30.5. The molecule has 0 bridgehead atoms. The number of tetrazole rings is 1. The average molecular weight is 1280 g/mol. The van der Waals surface area contributed by atoms with E-state index in [-0.39, 0.29) is 74.1 Å². The summed E-state index contributed by atoms with van der Waals surface area (Å²) in [6.45, 7) is 32.9. The summed E-state index contributed by atoms with van der Waals surface area (Å²) in [6.07, 6.45) is 12.0. The number of aliphatic hydroxyl groups excluding tert-OH is 1. The standard InChI is InChI=1S/C25H36NO7PS.C24H33NO4S.C12H28NO2P.CH2N4/c1-16-5-7-17(8-6-16)23(27)26(18-9-11-19(12-10-18)33-34(30,31)32)21-15-20(13-14-25(2,3)4)35-22(21)24(28)29;1-15(2)4-13-20-14-21(22(30-20)24(28)29)25(18-9-11-19(26)12-10-18)23(27)17-7-5-16(3)6-8-17;1-9-13(10-2)16(14-11(3,4)5)15-12(6,7)8;1-2-4-5-3-1/h15-19H,5-12H2,1-4H3,(H,28,29)(H2,30,31,32);14-19,26H,5-12H2,1-3H3,(H,28,29);9-10H2,1-8H3;1H,(H,2,3,4,5). The molecule has 4 saturated carbocycles. The highest BCUT2D eigenvalue weighted by Crippen LogP contribution is 2.49. The predicted molar refractivity (Wildman–Crippen MR) is 341 cm³/mol. The number of carbonyl (C=O) groups is 4. The Bertz CT molecular complexity index is 2730. The number of phosphoric acid groups is 1. The number of nitrogens with one attached hydrogen (secondary N) is 1. The third kappa shape index (κ3) is 25.8. The van der Waals surface area contributed by atoms with E-state index in [0.717, 1.165) is 87.1 Å². The molecule has 0 aromatic carbocycles. The Labute approximate surface area is 520 Å². The highest BCUT2D eigenvalue weighted by Gasteiger charge is 2.40. The van der Waals surface area contributed by atoms with Crippen molar-refractivity contribution in [2.75, 3.05) is 22.9 Å². The number of carboxylic acid groups (broad SMARTS) is 2. The van der Waals surface area contributed by atoms with Crippen molar-refractivity contribution >= 4 is 74.2 Å². The number of H-pyrrole nitrogens is 1. The van der Waals surface area contributed by atoms with E-state index >= 15 is 0 Å². The van der Waals surface area contributed by atoms with Crippen LogP contribution in [0.25, 0.3) is 0 Å². The van der Waals surface area contributed by atoms with Crippen molar-refractivity contribution in [3.63, 3.8) is 0 Å². The number of carboxylic acids is 2. The number of aliphatic hydroxyl groups is 1. The summed E-state index contributed by atoms with van der Waals surface area (Å²) < 4.78 is 30.4. The number of phosphoric ester groups is 1. The van der Waals surface area contributed by atoms with E-state index in [2.05, 4.69) is 118 Å². The maximum atomic E-state index is 13.9. The van der Waals surface area contributed by atoms with E-state index in [1.165, 1.54) is 6.33 Å².